The van der Waals surface area contributed by atoms with Crippen LogP contribution in [0, 0.1) is 0 Å². The number of hydrogen-bond donors (Lipinski definition) is 1. The summed E-state index contributed by atoms with van der Waals surface area (Å²) in [5, 5.41) is 7.05. The van der Waals surface area contributed by atoms with Crippen molar-refractivity contribution in [3.05, 3.63) is 127 Å². The summed E-state index contributed by atoms with van der Waals surface area (Å²) >= 11 is 0. The van der Waals surface area contributed by atoms with Gasteiger partial charge in [0.25, 0.3) is 0 Å². The fourth-order valence-electron chi connectivity index (χ4n) is 5.02. The average molecular weight is 439 g/mol. The van der Waals surface area contributed by atoms with Crippen molar-refractivity contribution >= 4 is 38.5 Å². The number of allylic oxidation sites excluding steroid dienone is 1. The van der Waals surface area contributed by atoms with Crippen LogP contribution in [0.25, 0.3) is 38.4 Å². The number of para-hydroxylation sites is 2. The first-order valence-corrected chi connectivity index (χ1v) is 11.5. The largest absolute Gasteiger partial charge is 0.366 e. The number of rotatable bonds is 2. The van der Waals surface area contributed by atoms with E-state index < -0.39 is 0 Å². The van der Waals surface area contributed by atoms with Gasteiger partial charge >= 0.3 is 0 Å². The van der Waals surface area contributed by atoms with E-state index in [-0.39, 0.29) is 6.17 Å². The quantitative estimate of drug-likeness (QED) is 0.317. The van der Waals surface area contributed by atoms with Crippen molar-refractivity contribution in [3.8, 4) is 5.69 Å². The van der Waals surface area contributed by atoms with Gasteiger partial charge in [-0.25, -0.2) is 4.99 Å². The van der Waals surface area contributed by atoms with Gasteiger partial charge in [0.2, 0.25) is 0 Å². The number of fused-ring (bicyclic) bond motifs is 4. The highest BCUT2D eigenvalue weighted by Crippen LogP contribution is 2.34. The van der Waals surface area contributed by atoms with Crippen LogP contribution in [0.15, 0.2) is 127 Å². The molecule has 7 rings (SSSR count). The fraction of sp³-hybridized carbons (Fsp3) is 0.0333. The van der Waals surface area contributed by atoms with Crippen LogP contribution in [0.4, 0.5) is 0 Å². The summed E-state index contributed by atoms with van der Waals surface area (Å²) in [4.78, 5) is 5.10. The summed E-state index contributed by atoms with van der Waals surface area (Å²) < 4.78 is 4.55. The highest BCUT2D eigenvalue weighted by Gasteiger charge is 2.19. The van der Waals surface area contributed by atoms with Crippen LogP contribution in [0.5, 0.6) is 0 Å². The molecule has 0 aliphatic carbocycles. The van der Waals surface area contributed by atoms with Crippen molar-refractivity contribution in [1.82, 2.24) is 14.5 Å². The first-order valence-electron chi connectivity index (χ1n) is 11.5. The third-order valence-electron chi connectivity index (χ3n) is 6.61. The van der Waals surface area contributed by atoms with Crippen molar-refractivity contribution in [1.29, 1.82) is 0 Å². The number of nitrogens with one attached hydrogen (secondary N) is 1. The first kappa shape index (κ1) is 18.9. The van der Waals surface area contributed by atoms with Crippen LogP contribution in [0.3, 0.4) is 0 Å². The normalized spacial score (nSPS) is 15.6. The summed E-state index contributed by atoms with van der Waals surface area (Å²) in [5.74, 6) is 0.931. The van der Waals surface area contributed by atoms with Gasteiger partial charge in [-0.3, -0.25) is 4.57 Å². The maximum absolute atomic E-state index is 5.10. The minimum absolute atomic E-state index is 0.111. The minimum Gasteiger partial charge on any atom is -0.366 e. The van der Waals surface area contributed by atoms with E-state index in [0.717, 1.165) is 28.1 Å². The third kappa shape index (κ3) is 2.89. The summed E-state index contributed by atoms with van der Waals surface area (Å²) in [5.41, 5.74) is 5.83. The van der Waals surface area contributed by atoms with Gasteiger partial charge in [-0.1, -0.05) is 66.7 Å². The van der Waals surface area contributed by atoms with Crippen molar-refractivity contribution in [3.63, 3.8) is 0 Å². The van der Waals surface area contributed by atoms with Crippen LogP contribution in [0.2, 0.25) is 0 Å². The summed E-state index contributed by atoms with van der Waals surface area (Å²) in [6.07, 6.45) is 6.11. The zero-order valence-corrected chi connectivity index (χ0v) is 18.5. The van der Waals surface area contributed by atoms with Gasteiger partial charge in [0.05, 0.1) is 16.6 Å². The van der Waals surface area contributed by atoms with Crippen LogP contribution >= 0.6 is 0 Å². The molecular formula is C30H22N4. The van der Waals surface area contributed by atoms with E-state index in [2.05, 4.69) is 124 Å². The number of aliphatic imine (C=N–C) groups is 1. The lowest BCUT2D eigenvalue weighted by Gasteiger charge is -2.20. The fourth-order valence-corrected chi connectivity index (χ4v) is 5.02. The monoisotopic (exact) mass is 438 g/mol. The van der Waals surface area contributed by atoms with Gasteiger partial charge in [0, 0.05) is 34.2 Å². The molecular weight excluding hydrogens is 416 g/mol. The molecule has 1 atom stereocenters. The maximum atomic E-state index is 5.10. The molecule has 0 saturated carbocycles. The molecule has 0 spiro atoms. The van der Waals surface area contributed by atoms with E-state index in [1.165, 1.54) is 21.7 Å². The Morgan fingerprint density at radius 2 is 1.44 bits per heavy atom. The summed E-state index contributed by atoms with van der Waals surface area (Å²) in [7, 11) is 0. The lowest BCUT2D eigenvalue weighted by molar-refractivity contribution is 0.646. The Morgan fingerprint density at radius 1 is 0.676 bits per heavy atom. The highest BCUT2D eigenvalue weighted by molar-refractivity contribution is 6.18. The van der Waals surface area contributed by atoms with E-state index >= 15 is 0 Å². The Bertz CT molecular complexity index is 1720. The molecule has 3 heterocycles. The minimum atomic E-state index is -0.111. The summed E-state index contributed by atoms with van der Waals surface area (Å²) in [6.45, 7) is 0. The molecule has 4 heteroatoms. The maximum Gasteiger partial charge on any atom is 0.146 e. The van der Waals surface area contributed by atoms with Gasteiger partial charge in [-0.2, -0.15) is 0 Å². The predicted molar refractivity (Wildman–Crippen MR) is 141 cm³/mol. The molecule has 1 aliphatic heterocycles. The Hall–Kier alpha value is -4.57. The molecule has 162 valence electrons. The van der Waals surface area contributed by atoms with E-state index in [4.69, 9.17) is 4.99 Å². The second-order valence-corrected chi connectivity index (χ2v) is 8.60. The molecule has 1 N–H and O–H groups in total. The van der Waals surface area contributed by atoms with Crippen molar-refractivity contribution in [2.75, 3.05) is 0 Å². The van der Waals surface area contributed by atoms with Gasteiger partial charge in [0.1, 0.15) is 12.0 Å². The van der Waals surface area contributed by atoms with Crippen LogP contribution in [0.1, 0.15) is 11.7 Å². The smallest absolute Gasteiger partial charge is 0.146 e. The van der Waals surface area contributed by atoms with E-state index in [9.17, 15) is 0 Å². The van der Waals surface area contributed by atoms with Crippen LogP contribution in [-0.4, -0.2) is 15.0 Å². The SMILES string of the molecule is C1=CC(n2c3ccccc3c3cc4c(ccn4-c4ccccc4)cc32)=NC(c2ccccc2)N1. The third-order valence-corrected chi connectivity index (χ3v) is 6.61. The van der Waals surface area contributed by atoms with Crippen LogP contribution in [-0.2, 0) is 0 Å². The Kier molecular flexibility index (Phi) is 4.18. The number of nitrogens with zero attached hydrogens (tertiary/aromatic N) is 3. The topological polar surface area (TPSA) is 34.2 Å². The molecule has 4 aromatic carbocycles. The molecule has 6 aromatic rings. The molecule has 0 saturated heterocycles. The molecule has 2 aromatic heterocycles. The first-order chi connectivity index (χ1) is 16.9. The number of aromatic nitrogens is 2. The Balaban J connectivity index is 1.48. The second kappa shape index (κ2) is 7.49. The predicted octanol–water partition coefficient (Wildman–Crippen LogP) is 6.80. The van der Waals surface area contributed by atoms with Crippen molar-refractivity contribution < 1.29 is 0 Å². The number of hydrogen-bond acceptors (Lipinski definition) is 2. The van der Waals surface area contributed by atoms with Crippen molar-refractivity contribution in [2.24, 2.45) is 4.99 Å². The standard InChI is InChI=1S/C30H22N4/c1-3-9-21(10-4-1)30-31-17-15-29(32-30)34-26-14-8-7-13-24(26)25-20-27-22(19-28(25)34)16-18-33(27)23-11-5-2-6-12-23/h1-20,30-31H. The average Bonchev–Trinajstić information content (AvgIpc) is 3.47. The zero-order chi connectivity index (χ0) is 22.5. The Morgan fingerprint density at radius 3 is 2.29 bits per heavy atom. The number of benzene rings is 4. The summed E-state index contributed by atoms with van der Waals surface area (Å²) in [6, 6.07) is 36.3. The molecule has 1 unspecified atom stereocenters. The van der Waals surface area contributed by atoms with Gasteiger partial charge in [-0.05, 0) is 48.0 Å². The van der Waals surface area contributed by atoms with E-state index in [0.29, 0.717) is 0 Å². The molecule has 34 heavy (non-hydrogen) atoms. The molecule has 0 fully saturated rings. The van der Waals surface area contributed by atoms with Gasteiger partial charge in [0.15, 0.2) is 0 Å². The molecule has 1 aliphatic rings. The van der Waals surface area contributed by atoms with Crippen molar-refractivity contribution in [2.45, 2.75) is 6.17 Å². The molecule has 0 radical (unpaired) electrons. The molecule has 4 nitrogen and oxygen atoms in total. The Labute approximate surface area is 197 Å². The lowest BCUT2D eigenvalue weighted by Crippen LogP contribution is -2.23. The second-order valence-electron chi connectivity index (χ2n) is 8.60. The van der Waals surface area contributed by atoms with E-state index in [1.54, 1.807) is 0 Å². The highest BCUT2D eigenvalue weighted by atomic mass is 15.2. The zero-order valence-electron chi connectivity index (χ0n) is 18.5. The van der Waals surface area contributed by atoms with Gasteiger partial charge < -0.3 is 9.88 Å². The molecule has 0 amide bonds. The van der Waals surface area contributed by atoms with Crippen LogP contribution < -0.4 is 5.32 Å². The van der Waals surface area contributed by atoms with E-state index in [1.807, 2.05) is 12.3 Å². The van der Waals surface area contributed by atoms with Gasteiger partial charge in [-0.15, -0.1) is 0 Å². The molecule has 0 bridgehead atoms. The lowest BCUT2D eigenvalue weighted by atomic mass is 10.1.